The predicted molar refractivity (Wildman–Crippen MR) is 87.0 cm³/mol. The molecule has 2 N–H and O–H groups in total. The van der Waals surface area contributed by atoms with Crippen LogP contribution in [0.25, 0.3) is 11.1 Å². The van der Waals surface area contributed by atoms with Crippen LogP contribution in [0.5, 0.6) is 5.75 Å². The Kier molecular flexibility index (Phi) is 5.55. The Labute approximate surface area is 139 Å². The highest BCUT2D eigenvalue weighted by molar-refractivity contribution is 5.97. The Hall–Kier alpha value is -2.86. The molecule has 0 heterocycles. The molecule has 0 unspecified atom stereocenters. The fourth-order valence-electron chi connectivity index (χ4n) is 2.45. The van der Waals surface area contributed by atoms with E-state index in [9.17, 15) is 19.8 Å². The van der Waals surface area contributed by atoms with E-state index in [1.165, 1.54) is 20.3 Å². The lowest BCUT2D eigenvalue weighted by atomic mass is 9.93. The summed E-state index contributed by atoms with van der Waals surface area (Å²) in [5, 5.41) is 19.7. The lowest BCUT2D eigenvalue weighted by Crippen LogP contribution is -2.05. The van der Waals surface area contributed by atoms with E-state index < -0.39 is 11.9 Å². The number of ether oxygens (including phenoxy) is 2. The average Bonchev–Trinajstić information content (AvgIpc) is 2.61. The molecule has 0 saturated carbocycles. The van der Waals surface area contributed by atoms with Gasteiger partial charge in [-0.15, -0.1) is 0 Å². The first-order chi connectivity index (χ1) is 11.5. The molecule has 0 radical (unpaired) electrons. The molecule has 0 bridgehead atoms. The van der Waals surface area contributed by atoms with Gasteiger partial charge < -0.3 is 19.7 Å². The largest absolute Gasteiger partial charge is 0.506 e. The van der Waals surface area contributed by atoms with Gasteiger partial charge in [-0.1, -0.05) is 18.2 Å². The number of carbonyl (C=O) groups excluding carboxylic acids is 2. The van der Waals surface area contributed by atoms with E-state index in [1.807, 2.05) is 0 Å². The monoisotopic (exact) mass is 330 g/mol. The second-order valence-electron chi connectivity index (χ2n) is 5.03. The summed E-state index contributed by atoms with van der Waals surface area (Å²) in [5.74, 6) is -1.43. The number of aromatic hydroxyl groups is 1. The fraction of sp³-hybridized carbons (Fsp3) is 0.222. The second kappa shape index (κ2) is 7.61. The van der Waals surface area contributed by atoms with Crippen molar-refractivity contribution in [1.82, 2.24) is 0 Å². The number of methoxy groups -OCH3 is 2. The Morgan fingerprint density at radius 2 is 1.71 bits per heavy atom. The Morgan fingerprint density at radius 3 is 2.33 bits per heavy atom. The van der Waals surface area contributed by atoms with Gasteiger partial charge in [0, 0.05) is 12.2 Å². The van der Waals surface area contributed by atoms with Gasteiger partial charge in [0.15, 0.2) is 0 Å². The maximum Gasteiger partial charge on any atom is 0.341 e. The standard InChI is InChI=1S/C18H18O6/c1-23-17(21)12-7-6-11(8-9-19)15(10-12)13-4-3-5-14(16(13)20)18(22)24-2/h3-7,10,19-20H,8-9H2,1-2H3. The van der Waals surface area contributed by atoms with Crippen molar-refractivity contribution in [2.45, 2.75) is 6.42 Å². The molecule has 0 aliphatic heterocycles. The summed E-state index contributed by atoms with van der Waals surface area (Å²) < 4.78 is 9.36. The molecule has 2 aromatic carbocycles. The van der Waals surface area contributed by atoms with Crippen molar-refractivity contribution in [3.8, 4) is 16.9 Å². The molecule has 2 aromatic rings. The quantitative estimate of drug-likeness (QED) is 0.816. The van der Waals surface area contributed by atoms with E-state index in [0.29, 0.717) is 23.1 Å². The van der Waals surface area contributed by atoms with Gasteiger partial charge in [-0.3, -0.25) is 0 Å². The zero-order valence-electron chi connectivity index (χ0n) is 13.4. The molecule has 0 spiro atoms. The maximum absolute atomic E-state index is 11.8. The minimum atomic E-state index is -0.665. The first-order valence-electron chi connectivity index (χ1n) is 7.26. The second-order valence-corrected chi connectivity index (χ2v) is 5.03. The van der Waals surface area contributed by atoms with Crippen LogP contribution < -0.4 is 0 Å². The van der Waals surface area contributed by atoms with E-state index >= 15 is 0 Å². The maximum atomic E-state index is 11.8. The average molecular weight is 330 g/mol. The third-order valence-corrected chi connectivity index (χ3v) is 3.64. The Morgan fingerprint density at radius 1 is 1.00 bits per heavy atom. The van der Waals surface area contributed by atoms with Gasteiger partial charge in [0.1, 0.15) is 11.3 Å². The van der Waals surface area contributed by atoms with Crippen LogP contribution in [-0.4, -0.2) is 43.0 Å². The molecule has 0 aliphatic rings. The summed E-state index contributed by atoms with van der Waals surface area (Å²) in [6.45, 7) is -0.0952. The lowest BCUT2D eigenvalue weighted by Gasteiger charge is -2.14. The van der Waals surface area contributed by atoms with Crippen molar-refractivity contribution >= 4 is 11.9 Å². The number of hydrogen-bond acceptors (Lipinski definition) is 6. The van der Waals surface area contributed by atoms with Crippen molar-refractivity contribution in [2.24, 2.45) is 0 Å². The number of para-hydroxylation sites is 1. The number of carbonyl (C=O) groups is 2. The molecule has 0 amide bonds. The normalized spacial score (nSPS) is 10.3. The zero-order chi connectivity index (χ0) is 17.7. The van der Waals surface area contributed by atoms with Gasteiger partial charge in [0.25, 0.3) is 0 Å². The van der Waals surface area contributed by atoms with E-state index in [0.717, 1.165) is 5.56 Å². The van der Waals surface area contributed by atoms with Crippen LogP contribution in [0.15, 0.2) is 36.4 Å². The Bertz CT molecular complexity index is 766. The summed E-state index contributed by atoms with van der Waals surface area (Å²) in [4.78, 5) is 23.5. The molecule has 0 atom stereocenters. The molecular weight excluding hydrogens is 312 g/mol. The Balaban J connectivity index is 2.65. The minimum Gasteiger partial charge on any atom is -0.506 e. The molecule has 0 saturated heterocycles. The SMILES string of the molecule is COC(=O)c1ccc(CCO)c(-c2cccc(C(=O)OC)c2O)c1. The van der Waals surface area contributed by atoms with Gasteiger partial charge in [0.2, 0.25) is 0 Å². The number of phenolic OH excluding ortho intramolecular Hbond substituents is 1. The van der Waals surface area contributed by atoms with Gasteiger partial charge in [-0.2, -0.15) is 0 Å². The zero-order valence-corrected chi connectivity index (χ0v) is 13.4. The summed E-state index contributed by atoms with van der Waals surface area (Å²) >= 11 is 0. The third-order valence-electron chi connectivity index (χ3n) is 3.64. The van der Waals surface area contributed by atoms with E-state index in [2.05, 4.69) is 4.74 Å². The number of hydrogen-bond donors (Lipinski definition) is 2. The van der Waals surface area contributed by atoms with Crippen molar-refractivity contribution < 1.29 is 29.3 Å². The fourth-order valence-corrected chi connectivity index (χ4v) is 2.45. The molecule has 0 aromatic heterocycles. The van der Waals surface area contributed by atoms with E-state index in [4.69, 9.17) is 4.74 Å². The highest BCUT2D eigenvalue weighted by Crippen LogP contribution is 2.35. The number of benzene rings is 2. The smallest absolute Gasteiger partial charge is 0.341 e. The predicted octanol–water partition coefficient (Wildman–Crippen LogP) is 2.17. The summed E-state index contributed by atoms with van der Waals surface area (Å²) in [7, 11) is 2.50. The molecule has 24 heavy (non-hydrogen) atoms. The summed E-state index contributed by atoms with van der Waals surface area (Å²) in [6.07, 6.45) is 0.332. The number of phenols is 1. The van der Waals surface area contributed by atoms with Gasteiger partial charge in [-0.05, 0) is 35.7 Å². The number of esters is 2. The molecule has 0 fully saturated rings. The van der Waals surface area contributed by atoms with Crippen LogP contribution >= 0.6 is 0 Å². The number of aliphatic hydroxyl groups is 1. The summed E-state index contributed by atoms with van der Waals surface area (Å²) in [6, 6.07) is 9.50. The number of aliphatic hydroxyl groups excluding tert-OH is 1. The third kappa shape index (κ3) is 3.38. The van der Waals surface area contributed by atoms with Crippen LogP contribution in [0.4, 0.5) is 0 Å². The molecule has 126 valence electrons. The number of rotatable bonds is 5. The first-order valence-corrected chi connectivity index (χ1v) is 7.26. The van der Waals surface area contributed by atoms with Crippen molar-refractivity contribution in [1.29, 1.82) is 0 Å². The molecule has 0 aliphatic carbocycles. The highest BCUT2D eigenvalue weighted by atomic mass is 16.5. The van der Waals surface area contributed by atoms with Crippen LogP contribution in [-0.2, 0) is 15.9 Å². The van der Waals surface area contributed by atoms with Gasteiger partial charge in [0.05, 0.1) is 19.8 Å². The van der Waals surface area contributed by atoms with Gasteiger partial charge in [-0.25, -0.2) is 9.59 Å². The van der Waals surface area contributed by atoms with E-state index in [1.54, 1.807) is 30.3 Å². The minimum absolute atomic E-state index is 0.0217. The lowest BCUT2D eigenvalue weighted by molar-refractivity contribution is 0.0589. The van der Waals surface area contributed by atoms with Crippen molar-refractivity contribution in [2.75, 3.05) is 20.8 Å². The van der Waals surface area contributed by atoms with Crippen molar-refractivity contribution in [3.63, 3.8) is 0 Å². The molecule has 6 nitrogen and oxygen atoms in total. The van der Waals surface area contributed by atoms with Crippen LogP contribution in [0, 0.1) is 0 Å². The topological polar surface area (TPSA) is 93.1 Å². The van der Waals surface area contributed by atoms with Crippen molar-refractivity contribution in [3.05, 3.63) is 53.1 Å². The van der Waals surface area contributed by atoms with Crippen LogP contribution in [0.3, 0.4) is 0 Å². The highest BCUT2D eigenvalue weighted by Gasteiger charge is 2.19. The first kappa shape index (κ1) is 17.5. The summed E-state index contributed by atoms with van der Waals surface area (Å²) in [5.41, 5.74) is 1.95. The molecule has 6 heteroatoms. The molecular formula is C18H18O6. The van der Waals surface area contributed by atoms with Crippen LogP contribution in [0.1, 0.15) is 26.3 Å². The van der Waals surface area contributed by atoms with Gasteiger partial charge >= 0.3 is 11.9 Å². The molecule has 2 rings (SSSR count). The van der Waals surface area contributed by atoms with Crippen LogP contribution in [0.2, 0.25) is 0 Å². The van der Waals surface area contributed by atoms with E-state index in [-0.39, 0.29) is 17.9 Å².